The molecule has 0 spiro atoms. The molecule has 3 unspecified atom stereocenters. The SMILES string of the molecule is CCOc1cc2[nH]c(=S)n(CCCCC(=O)NC3CCCC(C)C3C)c(=O)c2cc1OCC. The molecule has 0 aliphatic heterocycles. The van der Waals surface area contributed by atoms with E-state index in [1.165, 1.54) is 12.8 Å². The Balaban J connectivity index is 1.64. The number of amides is 1. The molecule has 0 radical (unpaired) electrons. The van der Waals surface area contributed by atoms with Gasteiger partial charge in [-0.1, -0.05) is 26.7 Å². The number of carbonyl (C=O) groups is 1. The molecule has 1 fully saturated rings. The number of ether oxygens (including phenoxy) is 2. The van der Waals surface area contributed by atoms with Crippen LogP contribution in [0.2, 0.25) is 0 Å². The van der Waals surface area contributed by atoms with E-state index in [0.717, 1.165) is 6.42 Å². The summed E-state index contributed by atoms with van der Waals surface area (Å²) in [7, 11) is 0. The molecule has 1 aromatic carbocycles. The van der Waals surface area contributed by atoms with Gasteiger partial charge in [-0.3, -0.25) is 14.2 Å². The zero-order valence-corrected chi connectivity index (χ0v) is 21.1. The summed E-state index contributed by atoms with van der Waals surface area (Å²) in [5, 5.41) is 3.73. The average molecular weight is 476 g/mol. The summed E-state index contributed by atoms with van der Waals surface area (Å²) < 4.78 is 13.3. The van der Waals surface area contributed by atoms with Crippen molar-refractivity contribution in [3.05, 3.63) is 27.3 Å². The first-order valence-corrected chi connectivity index (χ1v) is 12.6. The third kappa shape index (κ3) is 6.16. The summed E-state index contributed by atoms with van der Waals surface area (Å²) in [4.78, 5) is 28.7. The maximum atomic E-state index is 13.1. The Hall–Kier alpha value is -2.35. The van der Waals surface area contributed by atoms with Gasteiger partial charge in [0.15, 0.2) is 16.3 Å². The lowest BCUT2D eigenvalue weighted by Crippen LogP contribution is -2.43. The Morgan fingerprint density at radius 1 is 1.15 bits per heavy atom. The summed E-state index contributed by atoms with van der Waals surface area (Å²) in [6, 6.07) is 3.76. The van der Waals surface area contributed by atoms with Crippen LogP contribution in [-0.2, 0) is 11.3 Å². The summed E-state index contributed by atoms with van der Waals surface area (Å²) in [6.45, 7) is 9.72. The number of unbranched alkanes of at least 4 members (excludes halogenated alkanes) is 1. The maximum Gasteiger partial charge on any atom is 0.262 e. The average Bonchev–Trinajstić information content (AvgIpc) is 2.77. The molecule has 2 N–H and O–H groups in total. The number of H-pyrrole nitrogens is 1. The third-order valence-electron chi connectivity index (χ3n) is 6.73. The standard InChI is InChI=1S/C25H37N3O4S/c1-5-31-21-14-18-20(15-22(21)32-6-2)27-25(33)28(24(18)30)13-8-7-12-23(29)26-19-11-9-10-16(3)17(19)4/h14-17,19H,5-13H2,1-4H3,(H,26,29)(H,27,33). The highest BCUT2D eigenvalue weighted by molar-refractivity contribution is 7.71. The molecule has 1 amide bonds. The maximum absolute atomic E-state index is 13.1. The van der Waals surface area contributed by atoms with Gasteiger partial charge >= 0.3 is 0 Å². The molecule has 33 heavy (non-hydrogen) atoms. The molecule has 2 aromatic rings. The van der Waals surface area contributed by atoms with Crippen LogP contribution in [0.15, 0.2) is 16.9 Å². The van der Waals surface area contributed by atoms with Gasteiger partial charge in [0.2, 0.25) is 5.91 Å². The van der Waals surface area contributed by atoms with Gasteiger partial charge in [0, 0.05) is 25.1 Å². The smallest absolute Gasteiger partial charge is 0.262 e. The minimum Gasteiger partial charge on any atom is -0.490 e. The van der Waals surface area contributed by atoms with Crippen LogP contribution in [0.3, 0.4) is 0 Å². The number of nitrogens with one attached hydrogen (secondary N) is 2. The fraction of sp³-hybridized carbons (Fsp3) is 0.640. The van der Waals surface area contributed by atoms with Gasteiger partial charge in [0.05, 0.1) is 24.1 Å². The van der Waals surface area contributed by atoms with E-state index in [0.29, 0.717) is 78.0 Å². The third-order valence-corrected chi connectivity index (χ3v) is 7.06. The predicted molar refractivity (Wildman–Crippen MR) is 134 cm³/mol. The molecule has 0 bridgehead atoms. The number of benzene rings is 1. The van der Waals surface area contributed by atoms with Gasteiger partial charge in [0.25, 0.3) is 5.56 Å². The number of aromatic amines is 1. The van der Waals surface area contributed by atoms with Crippen molar-refractivity contribution in [2.45, 2.75) is 78.8 Å². The first-order chi connectivity index (χ1) is 15.8. The van der Waals surface area contributed by atoms with E-state index in [-0.39, 0.29) is 17.5 Å². The summed E-state index contributed by atoms with van der Waals surface area (Å²) in [5.41, 5.74) is 0.468. The Kier molecular flexibility index (Phi) is 8.95. The Bertz CT molecular complexity index is 1080. The first-order valence-electron chi connectivity index (χ1n) is 12.2. The van der Waals surface area contributed by atoms with E-state index in [4.69, 9.17) is 21.7 Å². The van der Waals surface area contributed by atoms with Crippen molar-refractivity contribution < 1.29 is 14.3 Å². The molecule has 0 saturated heterocycles. The van der Waals surface area contributed by atoms with Gasteiger partial charge in [-0.15, -0.1) is 0 Å². The number of hydrogen-bond donors (Lipinski definition) is 2. The number of carbonyl (C=O) groups excluding carboxylic acids is 1. The molecule has 3 atom stereocenters. The van der Waals surface area contributed by atoms with Crippen molar-refractivity contribution in [1.29, 1.82) is 0 Å². The van der Waals surface area contributed by atoms with Gasteiger partial charge in [-0.2, -0.15) is 0 Å². The highest BCUT2D eigenvalue weighted by Gasteiger charge is 2.27. The Morgan fingerprint density at radius 3 is 2.55 bits per heavy atom. The van der Waals surface area contributed by atoms with E-state index in [9.17, 15) is 9.59 Å². The zero-order chi connectivity index (χ0) is 24.0. The van der Waals surface area contributed by atoms with Crippen molar-refractivity contribution in [2.75, 3.05) is 13.2 Å². The van der Waals surface area contributed by atoms with Crippen LogP contribution >= 0.6 is 12.2 Å². The van der Waals surface area contributed by atoms with E-state index in [2.05, 4.69) is 24.1 Å². The molecule has 1 aromatic heterocycles. The van der Waals surface area contributed by atoms with Gasteiger partial charge in [0.1, 0.15) is 0 Å². The summed E-state index contributed by atoms with van der Waals surface area (Å²) in [6.07, 6.45) is 5.34. The molecule has 1 heterocycles. The summed E-state index contributed by atoms with van der Waals surface area (Å²) >= 11 is 5.45. The molecular formula is C25H37N3O4S. The summed E-state index contributed by atoms with van der Waals surface area (Å²) in [5.74, 6) is 2.40. The molecular weight excluding hydrogens is 438 g/mol. The van der Waals surface area contributed by atoms with Crippen LogP contribution in [-0.4, -0.2) is 34.7 Å². The minimum atomic E-state index is -0.160. The molecule has 3 rings (SSSR count). The largest absolute Gasteiger partial charge is 0.490 e. The quantitative estimate of drug-likeness (QED) is 0.374. The number of rotatable bonds is 10. The van der Waals surface area contributed by atoms with Crippen LogP contribution in [0.1, 0.15) is 66.2 Å². The van der Waals surface area contributed by atoms with Crippen molar-refractivity contribution in [3.63, 3.8) is 0 Å². The first kappa shape index (κ1) is 25.3. The normalized spacial score (nSPS) is 20.5. The van der Waals surface area contributed by atoms with Crippen molar-refractivity contribution in [2.24, 2.45) is 11.8 Å². The van der Waals surface area contributed by atoms with E-state index < -0.39 is 0 Å². The number of fused-ring (bicyclic) bond motifs is 1. The Labute approximate surface area is 200 Å². The second-order valence-corrected chi connectivity index (χ2v) is 9.38. The highest BCUT2D eigenvalue weighted by Crippen LogP contribution is 2.31. The van der Waals surface area contributed by atoms with Crippen LogP contribution in [0.5, 0.6) is 11.5 Å². The van der Waals surface area contributed by atoms with Crippen LogP contribution in [0.25, 0.3) is 10.9 Å². The number of nitrogens with zero attached hydrogens (tertiary/aromatic N) is 1. The van der Waals surface area contributed by atoms with E-state index >= 15 is 0 Å². The lowest BCUT2D eigenvalue weighted by molar-refractivity contribution is -0.122. The molecule has 1 aliphatic rings. The molecule has 182 valence electrons. The topological polar surface area (TPSA) is 85.4 Å². The van der Waals surface area contributed by atoms with E-state index in [1.54, 1.807) is 16.7 Å². The highest BCUT2D eigenvalue weighted by atomic mass is 32.1. The van der Waals surface area contributed by atoms with Gasteiger partial charge in [-0.05, 0) is 63.2 Å². The molecule has 8 heteroatoms. The van der Waals surface area contributed by atoms with Gasteiger partial charge < -0.3 is 19.8 Å². The molecule has 1 aliphatic carbocycles. The zero-order valence-electron chi connectivity index (χ0n) is 20.2. The minimum absolute atomic E-state index is 0.0989. The fourth-order valence-corrected chi connectivity index (χ4v) is 4.90. The van der Waals surface area contributed by atoms with Gasteiger partial charge in [-0.25, -0.2) is 0 Å². The van der Waals surface area contributed by atoms with Crippen LogP contribution < -0.4 is 20.3 Å². The second-order valence-electron chi connectivity index (χ2n) is 9.00. The van der Waals surface area contributed by atoms with Crippen molar-refractivity contribution in [1.82, 2.24) is 14.9 Å². The lowest BCUT2D eigenvalue weighted by Gasteiger charge is -2.34. The number of aromatic nitrogens is 2. The monoisotopic (exact) mass is 475 g/mol. The second kappa shape index (κ2) is 11.7. The number of hydrogen-bond acceptors (Lipinski definition) is 5. The Morgan fingerprint density at radius 2 is 1.85 bits per heavy atom. The fourth-order valence-electron chi connectivity index (χ4n) is 4.62. The van der Waals surface area contributed by atoms with Crippen molar-refractivity contribution >= 4 is 29.0 Å². The molecule has 7 nitrogen and oxygen atoms in total. The predicted octanol–water partition coefficient (Wildman–Crippen LogP) is 4.97. The molecule has 1 saturated carbocycles. The van der Waals surface area contributed by atoms with Crippen LogP contribution in [0.4, 0.5) is 0 Å². The van der Waals surface area contributed by atoms with Crippen LogP contribution in [0, 0.1) is 16.6 Å². The lowest BCUT2D eigenvalue weighted by atomic mass is 9.78. The van der Waals surface area contributed by atoms with E-state index in [1.807, 2.05) is 13.8 Å². The van der Waals surface area contributed by atoms with Crippen molar-refractivity contribution in [3.8, 4) is 11.5 Å².